The van der Waals surface area contributed by atoms with Crippen molar-refractivity contribution in [2.24, 2.45) is 0 Å². The van der Waals surface area contributed by atoms with Crippen molar-refractivity contribution in [1.29, 1.82) is 0 Å². The molecule has 0 saturated heterocycles. The van der Waals surface area contributed by atoms with Crippen molar-refractivity contribution in [3.63, 3.8) is 0 Å². The van der Waals surface area contributed by atoms with Crippen LogP contribution >= 0.6 is 0 Å². The van der Waals surface area contributed by atoms with E-state index >= 15 is 4.39 Å². The van der Waals surface area contributed by atoms with E-state index in [-0.39, 0.29) is 22.4 Å². The summed E-state index contributed by atoms with van der Waals surface area (Å²) in [5.74, 6) is 0.620. The number of carbonyl (C=O) groups is 1. The zero-order valence-electron chi connectivity index (χ0n) is 23.0. The maximum atomic E-state index is 16.7. The van der Waals surface area contributed by atoms with E-state index in [1.165, 1.54) is 12.1 Å². The molecule has 0 unspecified atom stereocenters. The summed E-state index contributed by atoms with van der Waals surface area (Å²) in [6.07, 6.45) is 8.66. The number of halogens is 2. The van der Waals surface area contributed by atoms with Gasteiger partial charge >= 0.3 is 0 Å². The number of aromatic amines is 1. The average Bonchev–Trinajstić information content (AvgIpc) is 3.37. The van der Waals surface area contributed by atoms with Crippen molar-refractivity contribution in [2.75, 3.05) is 0 Å². The van der Waals surface area contributed by atoms with Crippen LogP contribution in [0.15, 0.2) is 83.8 Å². The van der Waals surface area contributed by atoms with Crippen LogP contribution in [0.1, 0.15) is 46.6 Å². The van der Waals surface area contributed by atoms with E-state index in [9.17, 15) is 9.18 Å². The number of nitrogens with one attached hydrogen (secondary N) is 1. The number of Topliss-reactive ketones (excluding diaryl/α,β-unsaturated/α-hetero) is 1. The molecule has 42 heavy (non-hydrogen) atoms. The Morgan fingerprint density at radius 2 is 1.69 bits per heavy atom. The Balaban J connectivity index is 1.34. The van der Waals surface area contributed by atoms with Crippen LogP contribution in [0, 0.1) is 25.5 Å². The van der Waals surface area contributed by atoms with Crippen molar-refractivity contribution >= 4 is 16.8 Å². The molecule has 208 valence electrons. The highest BCUT2D eigenvalue weighted by atomic mass is 19.1. The Labute approximate surface area is 240 Å². The number of imidazole rings is 1. The molecule has 0 atom stereocenters. The lowest BCUT2D eigenvalue weighted by Gasteiger charge is -2.16. The van der Waals surface area contributed by atoms with Crippen LogP contribution in [0.2, 0.25) is 0 Å². The first kappa shape index (κ1) is 26.0. The Bertz CT molecular complexity index is 1960. The van der Waals surface area contributed by atoms with E-state index in [0.717, 1.165) is 24.0 Å². The van der Waals surface area contributed by atoms with Crippen LogP contribution in [0.4, 0.5) is 8.78 Å². The quantitative estimate of drug-likeness (QED) is 0.199. The normalized spacial score (nSPS) is 13.9. The van der Waals surface area contributed by atoms with Crippen molar-refractivity contribution in [2.45, 2.75) is 38.5 Å². The first-order valence-electron chi connectivity index (χ1n) is 13.8. The zero-order valence-corrected chi connectivity index (χ0v) is 23.0. The van der Waals surface area contributed by atoms with Gasteiger partial charge in [-0.3, -0.25) is 4.79 Å². The topological polar surface area (TPSA) is 84.7 Å². The molecule has 1 fully saturated rings. The number of ketones is 1. The number of nitrogens with zero attached hydrogens (tertiary/aromatic N) is 3. The summed E-state index contributed by atoms with van der Waals surface area (Å²) in [4.78, 5) is 29.9. The lowest BCUT2D eigenvalue weighted by Crippen LogP contribution is -2.17. The summed E-state index contributed by atoms with van der Waals surface area (Å²) < 4.78 is 36.5. The van der Waals surface area contributed by atoms with Crippen LogP contribution < -0.4 is 0 Å². The van der Waals surface area contributed by atoms with Crippen LogP contribution in [-0.2, 0) is 5.41 Å². The number of rotatable bonds is 7. The fourth-order valence-corrected chi connectivity index (χ4v) is 5.84. The highest BCUT2D eigenvalue weighted by molar-refractivity contribution is 6.03. The van der Waals surface area contributed by atoms with Crippen molar-refractivity contribution in [1.82, 2.24) is 19.9 Å². The Morgan fingerprint density at radius 1 is 0.929 bits per heavy atom. The number of carbonyl (C=O) groups excluding carboxylic acids is 1. The molecule has 8 heteroatoms. The number of aromatic nitrogens is 4. The van der Waals surface area contributed by atoms with Gasteiger partial charge in [0, 0.05) is 53.3 Å². The van der Waals surface area contributed by atoms with Gasteiger partial charge in [-0.2, -0.15) is 0 Å². The fourth-order valence-electron chi connectivity index (χ4n) is 5.84. The van der Waals surface area contributed by atoms with E-state index < -0.39 is 5.82 Å². The number of benzene rings is 3. The van der Waals surface area contributed by atoms with Gasteiger partial charge in [-0.1, -0.05) is 6.07 Å². The van der Waals surface area contributed by atoms with Gasteiger partial charge in [0.05, 0.1) is 10.9 Å². The lowest BCUT2D eigenvalue weighted by molar-refractivity contribution is 0.0968. The molecule has 7 rings (SSSR count). The summed E-state index contributed by atoms with van der Waals surface area (Å²) in [6, 6.07) is 14.7. The first-order chi connectivity index (χ1) is 20.3. The monoisotopic (exact) mass is 560 g/mol. The maximum absolute atomic E-state index is 16.7. The summed E-state index contributed by atoms with van der Waals surface area (Å²) >= 11 is 0. The van der Waals surface area contributed by atoms with Crippen LogP contribution in [0.5, 0.6) is 0 Å². The molecule has 3 aromatic carbocycles. The molecule has 1 saturated carbocycles. The number of H-pyrrole nitrogens is 1. The molecule has 3 aromatic heterocycles. The number of hydrogen-bond donors (Lipinski definition) is 1. The molecule has 1 aliphatic carbocycles. The molecular formula is C34H26F2N4O2. The minimum absolute atomic E-state index is 0.0154. The van der Waals surface area contributed by atoms with Gasteiger partial charge in [0.15, 0.2) is 5.78 Å². The Kier molecular flexibility index (Phi) is 6.08. The van der Waals surface area contributed by atoms with Gasteiger partial charge in [-0.15, -0.1) is 0 Å². The van der Waals surface area contributed by atoms with Crippen molar-refractivity contribution in [3.05, 3.63) is 114 Å². The second-order valence-electron chi connectivity index (χ2n) is 11.0. The number of fused-ring (bicyclic) bond motifs is 1. The van der Waals surface area contributed by atoms with Crippen LogP contribution in [0.25, 0.3) is 44.8 Å². The van der Waals surface area contributed by atoms with Gasteiger partial charge < -0.3 is 9.40 Å². The number of furan rings is 1. The Hall–Kier alpha value is -4.98. The molecule has 0 bridgehead atoms. The SMILES string of the molecule is Cc1cc(C)c(-c2ccc3oc(-c4ccc(F)cc4)c(-c4ncc[nH]4)c3c2F)cc1C(=O)CC1(c2ncccn2)CC1. The second kappa shape index (κ2) is 9.83. The number of hydrogen-bond acceptors (Lipinski definition) is 5. The average molecular weight is 561 g/mol. The molecule has 0 radical (unpaired) electrons. The highest BCUT2D eigenvalue weighted by Gasteiger charge is 2.48. The summed E-state index contributed by atoms with van der Waals surface area (Å²) in [6.45, 7) is 3.81. The third-order valence-corrected chi connectivity index (χ3v) is 8.19. The second-order valence-corrected chi connectivity index (χ2v) is 11.0. The van der Waals surface area contributed by atoms with E-state index in [0.29, 0.717) is 57.2 Å². The van der Waals surface area contributed by atoms with Crippen molar-refractivity contribution < 1.29 is 18.0 Å². The number of aryl methyl sites for hydroxylation is 2. The van der Waals surface area contributed by atoms with Crippen LogP contribution in [-0.4, -0.2) is 25.7 Å². The highest BCUT2D eigenvalue weighted by Crippen LogP contribution is 2.50. The van der Waals surface area contributed by atoms with E-state index in [2.05, 4.69) is 19.9 Å². The minimum atomic E-state index is -0.488. The first-order valence-corrected chi connectivity index (χ1v) is 13.8. The molecule has 1 aliphatic rings. The molecule has 6 nitrogen and oxygen atoms in total. The van der Waals surface area contributed by atoms with Gasteiger partial charge in [0.1, 0.15) is 34.6 Å². The van der Waals surface area contributed by atoms with Gasteiger partial charge in [-0.05, 0) is 91.9 Å². The maximum Gasteiger partial charge on any atom is 0.164 e. The predicted molar refractivity (Wildman–Crippen MR) is 156 cm³/mol. The van der Waals surface area contributed by atoms with E-state index in [4.69, 9.17) is 4.42 Å². The standard InChI is InChI=1S/C34H26F2N4O2/c1-19-16-20(2)25(26(41)18-34(10-11-34)33-39-12-3-13-40-33)17-24(19)23-8-9-27-28(30(23)36)29(32-37-14-15-38-32)31(42-27)21-4-6-22(35)7-5-21/h3-9,12-17H,10-11,18H2,1-2H3,(H,37,38). The van der Waals surface area contributed by atoms with E-state index in [1.54, 1.807) is 61.2 Å². The lowest BCUT2D eigenvalue weighted by atomic mass is 9.88. The fraction of sp³-hybridized carbons (Fsp3) is 0.176. The molecule has 0 spiro atoms. The molecule has 6 aromatic rings. The molecule has 1 N–H and O–H groups in total. The van der Waals surface area contributed by atoms with Crippen LogP contribution in [0.3, 0.4) is 0 Å². The van der Waals surface area contributed by atoms with E-state index in [1.807, 2.05) is 19.9 Å². The summed E-state index contributed by atoms with van der Waals surface area (Å²) in [5, 5.41) is 0.257. The summed E-state index contributed by atoms with van der Waals surface area (Å²) in [7, 11) is 0. The van der Waals surface area contributed by atoms with Gasteiger partial charge in [0.2, 0.25) is 0 Å². The smallest absolute Gasteiger partial charge is 0.164 e. The molecule has 0 amide bonds. The van der Waals surface area contributed by atoms with Gasteiger partial charge in [-0.25, -0.2) is 23.7 Å². The summed E-state index contributed by atoms with van der Waals surface area (Å²) in [5.41, 5.74) is 4.24. The largest absolute Gasteiger partial charge is 0.455 e. The van der Waals surface area contributed by atoms with Gasteiger partial charge in [0.25, 0.3) is 0 Å². The van der Waals surface area contributed by atoms with Crippen molar-refractivity contribution in [3.8, 4) is 33.8 Å². The zero-order chi connectivity index (χ0) is 29.0. The molecular weight excluding hydrogens is 534 g/mol. The Morgan fingerprint density at radius 3 is 2.38 bits per heavy atom. The predicted octanol–water partition coefficient (Wildman–Crippen LogP) is 8.15. The minimum Gasteiger partial charge on any atom is -0.455 e. The molecule has 3 heterocycles. The molecule has 0 aliphatic heterocycles. The third-order valence-electron chi connectivity index (χ3n) is 8.19. The third kappa shape index (κ3) is 4.31.